The van der Waals surface area contributed by atoms with Crippen molar-refractivity contribution in [3.8, 4) is 0 Å². The molecule has 1 aliphatic carbocycles. The van der Waals surface area contributed by atoms with Crippen molar-refractivity contribution >= 4 is 23.4 Å². The van der Waals surface area contributed by atoms with Gasteiger partial charge in [-0.1, -0.05) is 12.2 Å². The highest BCUT2D eigenvalue weighted by Crippen LogP contribution is 2.46. The molecule has 0 bridgehead atoms. The smallest absolute Gasteiger partial charge is 0.411 e. The molecule has 0 aromatic heterocycles. The SMILES string of the molecule is COC(=O)C1=[N+]([O-])N2O[C@H]3CC/C=C\CC[C@H]3C2(C(=O)OC)C1=O. The zero-order chi connectivity index (χ0) is 17.5. The van der Waals surface area contributed by atoms with E-state index in [0.717, 1.165) is 14.2 Å². The lowest BCUT2D eigenvalue weighted by molar-refractivity contribution is -0.715. The first kappa shape index (κ1) is 16.4. The van der Waals surface area contributed by atoms with Gasteiger partial charge in [0.05, 0.1) is 20.3 Å². The summed E-state index contributed by atoms with van der Waals surface area (Å²) in [5.41, 5.74) is -2.76. The standard InChI is InChI=1S/C15H18N2O7/c1-22-13(19)11-12(18)15(14(20)23-2)9-7-5-3-4-6-8-10(9)24-17(15)16(11)21/h3-4,9-10H,5-8H2,1-2H3/b4-3-/t9-,10+,15?/m1/s1. The number of allylic oxidation sites excluding steroid dienone is 2. The number of nitrogens with zero attached hydrogens (tertiary/aromatic N) is 2. The lowest BCUT2D eigenvalue weighted by Crippen LogP contribution is -2.59. The Balaban J connectivity index is 2.12. The van der Waals surface area contributed by atoms with Gasteiger partial charge < -0.3 is 14.7 Å². The molecule has 3 rings (SSSR count). The Kier molecular flexibility index (Phi) is 4.04. The average molecular weight is 338 g/mol. The number of rotatable bonds is 2. The molecule has 0 aromatic carbocycles. The summed E-state index contributed by atoms with van der Waals surface area (Å²) in [7, 11) is 2.18. The topological polar surface area (TPSA) is 108 Å². The van der Waals surface area contributed by atoms with Crippen LogP contribution in [0.4, 0.5) is 0 Å². The zero-order valence-corrected chi connectivity index (χ0v) is 13.4. The predicted octanol–water partition coefficient (Wildman–Crippen LogP) is -0.118. The van der Waals surface area contributed by atoms with E-state index in [2.05, 4.69) is 4.74 Å². The molecule has 1 fully saturated rings. The highest BCUT2D eigenvalue weighted by atomic mass is 16.8. The van der Waals surface area contributed by atoms with E-state index in [-0.39, 0.29) is 4.85 Å². The molecule has 0 radical (unpaired) electrons. The molecule has 0 N–H and O–H groups in total. The molecule has 0 saturated carbocycles. The molecule has 2 heterocycles. The van der Waals surface area contributed by atoms with Crippen LogP contribution in [0.5, 0.6) is 0 Å². The predicted molar refractivity (Wildman–Crippen MR) is 78.2 cm³/mol. The van der Waals surface area contributed by atoms with Gasteiger partial charge in [0.15, 0.2) is 0 Å². The Morgan fingerprint density at radius 3 is 2.58 bits per heavy atom. The van der Waals surface area contributed by atoms with Gasteiger partial charge in [0.25, 0.3) is 11.3 Å². The number of hydrazine groups is 1. The molecule has 130 valence electrons. The fourth-order valence-electron chi connectivity index (χ4n) is 3.66. The third-order valence-corrected chi connectivity index (χ3v) is 4.74. The van der Waals surface area contributed by atoms with Gasteiger partial charge in [-0.25, -0.2) is 14.4 Å². The molecule has 3 atom stereocenters. The number of hydrogen-bond donors (Lipinski definition) is 0. The first-order valence-electron chi connectivity index (χ1n) is 7.67. The Hall–Kier alpha value is -2.42. The summed E-state index contributed by atoms with van der Waals surface area (Å²) in [6.45, 7) is 0. The third kappa shape index (κ3) is 1.97. The maximum Gasteiger partial charge on any atom is 0.411 e. The minimum absolute atomic E-state index is 0.0173. The number of hydroxylamine groups is 1. The van der Waals surface area contributed by atoms with Crippen molar-refractivity contribution < 1.29 is 33.5 Å². The van der Waals surface area contributed by atoms with Crippen molar-refractivity contribution in [3.63, 3.8) is 0 Å². The van der Waals surface area contributed by atoms with Crippen molar-refractivity contribution in [2.24, 2.45) is 5.92 Å². The van der Waals surface area contributed by atoms with Crippen LogP contribution in [0.1, 0.15) is 25.7 Å². The van der Waals surface area contributed by atoms with Gasteiger partial charge in [-0.2, -0.15) is 0 Å². The van der Waals surface area contributed by atoms with Crippen LogP contribution in [0.15, 0.2) is 12.2 Å². The quantitative estimate of drug-likeness (QED) is 0.225. The maximum atomic E-state index is 13.0. The second kappa shape index (κ2) is 5.90. The first-order valence-corrected chi connectivity index (χ1v) is 7.67. The summed E-state index contributed by atoms with van der Waals surface area (Å²) in [6.07, 6.45) is 5.78. The third-order valence-electron chi connectivity index (χ3n) is 4.74. The van der Waals surface area contributed by atoms with Crippen LogP contribution in [0, 0.1) is 11.1 Å². The van der Waals surface area contributed by atoms with E-state index in [0.29, 0.717) is 30.9 Å². The number of Topliss-reactive ketones (excluding diaryl/α,β-unsaturated/α-hetero) is 1. The lowest BCUT2D eigenvalue weighted by atomic mass is 9.73. The van der Waals surface area contributed by atoms with E-state index in [1.165, 1.54) is 0 Å². The van der Waals surface area contributed by atoms with Crippen LogP contribution >= 0.6 is 0 Å². The van der Waals surface area contributed by atoms with Gasteiger partial charge in [-0.15, -0.1) is 0 Å². The largest absolute Gasteiger partial charge is 0.594 e. The van der Waals surface area contributed by atoms with Crippen LogP contribution in [0.25, 0.3) is 0 Å². The fourth-order valence-corrected chi connectivity index (χ4v) is 3.66. The number of esters is 2. The van der Waals surface area contributed by atoms with E-state index in [1.54, 1.807) is 0 Å². The summed E-state index contributed by atoms with van der Waals surface area (Å²) >= 11 is 0. The number of carbonyl (C=O) groups is 3. The Morgan fingerprint density at radius 1 is 1.29 bits per heavy atom. The Bertz CT molecular complexity index is 656. The van der Waals surface area contributed by atoms with E-state index in [9.17, 15) is 19.6 Å². The monoisotopic (exact) mass is 338 g/mol. The summed E-state index contributed by atoms with van der Waals surface area (Å²) in [5, 5.41) is 13.1. The van der Waals surface area contributed by atoms with Crippen molar-refractivity contribution in [1.82, 2.24) is 5.17 Å². The van der Waals surface area contributed by atoms with Gasteiger partial charge in [0, 0.05) is 5.92 Å². The summed E-state index contributed by atoms with van der Waals surface area (Å²) in [6, 6.07) is 0. The number of methoxy groups -OCH3 is 2. The molecule has 1 saturated heterocycles. The molecule has 24 heavy (non-hydrogen) atoms. The Labute approximate surface area is 138 Å². The fraction of sp³-hybridized carbons (Fsp3) is 0.600. The molecular formula is C15H18N2O7. The molecule has 9 nitrogen and oxygen atoms in total. The van der Waals surface area contributed by atoms with Gasteiger partial charge >= 0.3 is 17.7 Å². The number of ether oxygens (including phenoxy) is 2. The van der Waals surface area contributed by atoms with E-state index in [4.69, 9.17) is 9.57 Å². The number of hydrogen-bond acceptors (Lipinski definition) is 8. The maximum absolute atomic E-state index is 13.0. The minimum Gasteiger partial charge on any atom is -0.594 e. The zero-order valence-electron chi connectivity index (χ0n) is 13.4. The molecule has 0 aromatic rings. The second-order valence-corrected chi connectivity index (χ2v) is 5.85. The van der Waals surface area contributed by atoms with Crippen LogP contribution in [0.3, 0.4) is 0 Å². The van der Waals surface area contributed by atoms with Gasteiger partial charge in [0.1, 0.15) is 0 Å². The molecular weight excluding hydrogens is 320 g/mol. The number of fused-ring (bicyclic) bond motifs is 3. The van der Waals surface area contributed by atoms with Crippen LogP contribution in [-0.4, -0.2) is 59.3 Å². The van der Waals surface area contributed by atoms with Gasteiger partial charge in [-0.3, -0.25) is 4.79 Å². The molecule has 1 unspecified atom stereocenters. The average Bonchev–Trinajstić information content (AvgIpc) is 2.98. The molecule has 0 amide bonds. The number of carbonyl (C=O) groups excluding carboxylic acids is 3. The van der Waals surface area contributed by atoms with E-state index >= 15 is 0 Å². The van der Waals surface area contributed by atoms with Crippen LogP contribution in [-0.2, 0) is 28.7 Å². The van der Waals surface area contributed by atoms with Crippen molar-refractivity contribution in [2.75, 3.05) is 14.2 Å². The van der Waals surface area contributed by atoms with Gasteiger partial charge in [0.2, 0.25) is 0 Å². The Morgan fingerprint density at radius 2 is 1.96 bits per heavy atom. The van der Waals surface area contributed by atoms with Crippen molar-refractivity contribution in [3.05, 3.63) is 17.4 Å². The van der Waals surface area contributed by atoms with Crippen molar-refractivity contribution in [2.45, 2.75) is 37.3 Å². The number of hydrazone groups is 1. The highest BCUT2D eigenvalue weighted by Gasteiger charge is 2.76. The first-order chi connectivity index (χ1) is 11.5. The summed E-state index contributed by atoms with van der Waals surface area (Å²) in [5.74, 6) is -3.56. The van der Waals surface area contributed by atoms with Gasteiger partial charge in [-0.05, 0) is 35.7 Å². The van der Waals surface area contributed by atoms with Crippen LogP contribution < -0.4 is 0 Å². The molecule has 2 aliphatic heterocycles. The highest BCUT2D eigenvalue weighted by molar-refractivity contribution is 6.66. The van der Waals surface area contributed by atoms with Crippen LogP contribution in [0.2, 0.25) is 0 Å². The second-order valence-electron chi connectivity index (χ2n) is 5.85. The molecule has 0 spiro atoms. The normalized spacial score (nSPS) is 33.4. The number of ketones is 1. The molecule has 3 aliphatic rings. The molecule has 9 heteroatoms. The summed E-state index contributed by atoms with van der Waals surface area (Å²) < 4.78 is 9.31. The summed E-state index contributed by atoms with van der Waals surface area (Å²) in [4.78, 5) is 43.0. The van der Waals surface area contributed by atoms with E-state index in [1.807, 2.05) is 12.2 Å². The minimum atomic E-state index is -1.98. The van der Waals surface area contributed by atoms with Crippen molar-refractivity contribution in [1.29, 1.82) is 0 Å². The lowest BCUT2D eigenvalue weighted by Gasteiger charge is -2.27. The van der Waals surface area contributed by atoms with E-state index < -0.39 is 41.0 Å².